The largest absolute Gasteiger partial charge is 0.393 e. The van der Waals surface area contributed by atoms with Gasteiger partial charge in [-0.2, -0.15) is 0 Å². The van der Waals surface area contributed by atoms with Crippen molar-refractivity contribution < 1.29 is 14.9 Å². The van der Waals surface area contributed by atoms with E-state index in [1.165, 1.54) is 32.1 Å². The fourth-order valence-electron chi connectivity index (χ4n) is 10.7. The van der Waals surface area contributed by atoms with Crippen LogP contribution in [0.25, 0.3) is 0 Å². The summed E-state index contributed by atoms with van der Waals surface area (Å²) < 4.78 is 6.46. The molecule has 2 N–H and O–H groups in total. The van der Waals surface area contributed by atoms with Crippen molar-refractivity contribution in [3.05, 3.63) is 12.2 Å². The topological polar surface area (TPSA) is 53.0 Å². The van der Waals surface area contributed by atoms with Crippen LogP contribution in [0.5, 0.6) is 0 Å². The van der Waals surface area contributed by atoms with Crippen LogP contribution in [0, 0.1) is 51.2 Å². The van der Waals surface area contributed by atoms with E-state index in [2.05, 4.69) is 53.7 Å². The fourth-order valence-corrected chi connectivity index (χ4v) is 10.7. The molecule has 5 saturated carbocycles. The van der Waals surface area contributed by atoms with E-state index in [0.29, 0.717) is 29.1 Å². The maximum absolute atomic E-state index is 11.8. The van der Waals surface area contributed by atoms with Crippen LogP contribution in [0.15, 0.2) is 12.2 Å². The quantitative estimate of drug-likeness (QED) is 0.431. The first-order valence-electron chi connectivity index (χ1n) is 13.7. The van der Waals surface area contributed by atoms with Crippen molar-refractivity contribution in [1.82, 2.24) is 0 Å². The number of ether oxygens (including phenoxy) is 1. The standard InChI is InChI=1S/C29H46O3/c1-17(2)18(3)7-8-19(4)21-9-10-22-25(21,5)13-14-27-16-28(22,27)23(31)24-29(32-24)15-20(30)11-12-26(27,29)6/h7-8,17-24,30-31H,9-16H2,1-6H3. The van der Waals surface area contributed by atoms with E-state index in [0.717, 1.165) is 25.2 Å². The van der Waals surface area contributed by atoms with Crippen molar-refractivity contribution in [2.75, 3.05) is 0 Å². The monoisotopic (exact) mass is 442 g/mol. The normalized spacial score (nSPS) is 59.6. The van der Waals surface area contributed by atoms with Gasteiger partial charge < -0.3 is 14.9 Å². The zero-order valence-corrected chi connectivity index (χ0v) is 21.2. The molecule has 1 aliphatic heterocycles. The van der Waals surface area contributed by atoms with E-state index < -0.39 is 0 Å². The molecule has 1 saturated heterocycles. The summed E-state index contributed by atoms with van der Waals surface area (Å²) in [5, 5.41) is 22.3. The Morgan fingerprint density at radius 3 is 2.41 bits per heavy atom. The van der Waals surface area contributed by atoms with Gasteiger partial charge >= 0.3 is 0 Å². The molecule has 1 spiro atoms. The highest BCUT2D eigenvalue weighted by Crippen LogP contribution is 2.93. The lowest BCUT2D eigenvalue weighted by molar-refractivity contribution is -0.150. The Hall–Kier alpha value is -0.380. The van der Waals surface area contributed by atoms with E-state index in [4.69, 9.17) is 4.74 Å². The third kappa shape index (κ3) is 2.26. The number of hydrogen-bond acceptors (Lipinski definition) is 3. The molecule has 0 radical (unpaired) electrons. The number of aliphatic hydroxyl groups excluding tert-OH is 2. The molecular weight excluding hydrogens is 396 g/mol. The maximum Gasteiger partial charge on any atom is 0.114 e. The Bertz CT molecular complexity index is 836. The smallest absolute Gasteiger partial charge is 0.114 e. The van der Waals surface area contributed by atoms with Crippen LogP contribution in [0.3, 0.4) is 0 Å². The van der Waals surface area contributed by atoms with E-state index in [1.54, 1.807) is 0 Å². The third-order valence-electron chi connectivity index (χ3n) is 12.9. The molecule has 32 heavy (non-hydrogen) atoms. The van der Waals surface area contributed by atoms with Crippen LogP contribution >= 0.6 is 0 Å². The summed E-state index contributed by atoms with van der Waals surface area (Å²) in [7, 11) is 0. The highest BCUT2D eigenvalue weighted by atomic mass is 16.6. The van der Waals surface area contributed by atoms with Gasteiger partial charge in [0.05, 0.1) is 12.2 Å². The highest BCUT2D eigenvalue weighted by Gasteiger charge is 2.94. The summed E-state index contributed by atoms with van der Waals surface area (Å²) >= 11 is 0. The van der Waals surface area contributed by atoms with Gasteiger partial charge in [-0.05, 0) is 85.4 Å². The van der Waals surface area contributed by atoms with Gasteiger partial charge in [0.2, 0.25) is 0 Å². The summed E-state index contributed by atoms with van der Waals surface area (Å²) in [4.78, 5) is 0. The second-order valence-corrected chi connectivity index (χ2v) is 14.0. The number of aliphatic hydroxyl groups is 2. The minimum absolute atomic E-state index is 0.0383. The Balaban J connectivity index is 1.32. The van der Waals surface area contributed by atoms with Gasteiger partial charge in [0.25, 0.3) is 0 Å². The van der Waals surface area contributed by atoms with Gasteiger partial charge in [0, 0.05) is 17.3 Å². The molecular formula is C29H46O3. The molecule has 0 aromatic rings. The van der Waals surface area contributed by atoms with Gasteiger partial charge in [0.15, 0.2) is 0 Å². The minimum Gasteiger partial charge on any atom is -0.393 e. The van der Waals surface area contributed by atoms with Crippen LogP contribution in [-0.4, -0.2) is 34.1 Å². The number of epoxide rings is 1. The van der Waals surface area contributed by atoms with Crippen LogP contribution in [-0.2, 0) is 4.74 Å². The first-order valence-corrected chi connectivity index (χ1v) is 13.7. The minimum atomic E-state index is -0.337. The van der Waals surface area contributed by atoms with E-state index in [-0.39, 0.29) is 40.2 Å². The second-order valence-electron chi connectivity index (χ2n) is 14.0. The van der Waals surface area contributed by atoms with Crippen molar-refractivity contribution in [2.24, 2.45) is 51.2 Å². The Labute approximate surface area is 195 Å². The van der Waals surface area contributed by atoms with Gasteiger partial charge in [-0.15, -0.1) is 0 Å². The molecule has 180 valence electrons. The summed E-state index contributed by atoms with van der Waals surface area (Å²) in [6, 6.07) is 0. The molecule has 3 nitrogen and oxygen atoms in total. The molecule has 6 aliphatic rings. The van der Waals surface area contributed by atoms with E-state index in [9.17, 15) is 10.2 Å². The molecule has 0 amide bonds. The summed E-state index contributed by atoms with van der Waals surface area (Å²) in [5.41, 5.74) is 0.493. The van der Waals surface area contributed by atoms with Gasteiger partial charge in [-0.1, -0.05) is 53.7 Å². The van der Waals surface area contributed by atoms with Crippen molar-refractivity contribution in [3.8, 4) is 0 Å². The lowest BCUT2D eigenvalue weighted by Crippen LogP contribution is -2.63. The molecule has 0 bridgehead atoms. The van der Waals surface area contributed by atoms with Crippen molar-refractivity contribution in [3.63, 3.8) is 0 Å². The van der Waals surface area contributed by atoms with Crippen molar-refractivity contribution in [1.29, 1.82) is 0 Å². The molecule has 12 atom stereocenters. The summed E-state index contributed by atoms with van der Waals surface area (Å²) in [5.74, 6) is 3.26. The van der Waals surface area contributed by atoms with Crippen molar-refractivity contribution in [2.45, 2.75) is 117 Å². The number of fused-ring (bicyclic) bond motifs is 1. The van der Waals surface area contributed by atoms with Gasteiger partial charge in [-0.25, -0.2) is 0 Å². The van der Waals surface area contributed by atoms with Gasteiger partial charge in [0.1, 0.15) is 11.7 Å². The average Bonchev–Trinajstić information content (AvgIpc) is 3.61. The van der Waals surface area contributed by atoms with Crippen LogP contribution in [0.1, 0.15) is 92.9 Å². The first kappa shape index (κ1) is 22.1. The average molecular weight is 443 g/mol. The Kier molecular flexibility index (Phi) is 4.44. The maximum atomic E-state index is 11.8. The molecule has 12 unspecified atom stereocenters. The van der Waals surface area contributed by atoms with E-state index in [1.807, 2.05) is 0 Å². The lowest BCUT2D eigenvalue weighted by Gasteiger charge is -2.60. The van der Waals surface area contributed by atoms with Crippen molar-refractivity contribution >= 4 is 0 Å². The third-order valence-corrected chi connectivity index (χ3v) is 12.9. The highest BCUT2D eigenvalue weighted by molar-refractivity contribution is 5.42. The first-order chi connectivity index (χ1) is 15.0. The SMILES string of the molecule is CC(C)C(C)C=CC(C)C1CCC2C1(C)CCC13CC21C(O)C1OC12CC(O)CCC23C. The molecule has 0 aromatic heterocycles. The number of hydrogen-bond donors (Lipinski definition) is 2. The van der Waals surface area contributed by atoms with Crippen LogP contribution in [0.4, 0.5) is 0 Å². The predicted molar refractivity (Wildman–Crippen MR) is 127 cm³/mol. The zero-order valence-electron chi connectivity index (χ0n) is 21.2. The number of rotatable bonds is 4. The van der Waals surface area contributed by atoms with Gasteiger partial charge in [-0.3, -0.25) is 0 Å². The van der Waals surface area contributed by atoms with Crippen LogP contribution in [0.2, 0.25) is 0 Å². The number of allylic oxidation sites excluding steroid dienone is 2. The Morgan fingerprint density at radius 2 is 1.69 bits per heavy atom. The van der Waals surface area contributed by atoms with Crippen LogP contribution < -0.4 is 0 Å². The lowest BCUT2D eigenvalue weighted by atomic mass is 9.43. The molecule has 1 heterocycles. The zero-order chi connectivity index (χ0) is 22.9. The van der Waals surface area contributed by atoms with E-state index >= 15 is 0 Å². The molecule has 6 rings (SSSR count). The fraction of sp³-hybridized carbons (Fsp3) is 0.931. The molecule has 5 aliphatic carbocycles. The Morgan fingerprint density at radius 1 is 0.938 bits per heavy atom. The summed E-state index contributed by atoms with van der Waals surface area (Å²) in [6.45, 7) is 14.5. The predicted octanol–water partition coefficient (Wildman–Crippen LogP) is 5.74. The molecule has 6 fully saturated rings. The summed E-state index contributed by atoms with van der Waals surface area (Å²) in [6.07, 6.45) is 13.4. The molecule has 3 heteroatoms. The second kappa shape index (κ2) is 6.43. The molecule has 0 aromatic carbocycles.